The summed E-state index contributed by atoms with van der Waals surface area (Å²) in [7, 11) is 0. The van der Waals surface area contributed by atoms with Crippen molar-refractivity contribution < 1.29 is 9.18 Å². The number of hydrogen-bond donors (Lipinski definition) is 1. The molecule has 146 valence electrons. The normalized spacial score (nSPS) is 20.3. The van der Waals surface area contributed by atoms with Gasteiger partial charge in [-0.25, -0.2) is 4.39 Å². The average molecular weight is 386 g/mol. The van der Waals surface area contributed by atoms with E-state index in [0.717, 1.165) is 30.4 Å². The van der Waals surface area contributed by atoms with Crippen LogP contribution in [0, 0.1) is 12.7 Å². The molecule has 0 aromatic heterocycles. The zero-order valence-electron chi connectivity index (χ0n) is 16.4. The molecule has 3 aromatic carbocycles. The lowest BCUT2D eigenvalue weighted by atomic mass is 9.86. The van der Waals surface area contributed by atoms with Crippen molar-refractivity contribution >= 4 is 11.6 Å². The highest BCUT2D eigenvalue weighted by Crippen LogP contribution is 2.44. The van der Waals surface area contributed by atoms with Gasteiger partial charge in [0.1, 0.15) is 12.0 Å². The third-order valence-corrected chi connectivity index (χ3v) is 6.09. The Morgan fingerprint density at radius 2 is 1.76 bits per heavy atom. The summed E-state index contributed by atoms with van der Waals surface area (Å²) < 4.78 is 14.6. The molecule has 0 saturated carbocycles. The molecule has 0 bridgehead atoms. The molecule has 0 saturated heterocycles. The number of carbonyl (C=O) groups excluding carboxylic acids is 1. The van der Waals surface area contributed by atoms with E-state index < -0.39 is 6.17 Å². The summed E-state index contributed by atoms with van der Waals surface area (Å²) in [4.78, 5) is 15.4. The SMILES string of the molecule is Cc1ccc(N[C@@H]2c3ccccc3C(=O)N2[C@H]2CCCc3ccccc32)c(F)c1. The highest BCUT2D eigenvalue weighted by atomic mass is 19.1. The van der Waals surface area contributed by atoms with Gasteiger partial charge in [-0.3, -0.25) is 4.79 Å². The molecule has 5 rings (SSSR count). The van der Waals surface area contributed by atoms with Crippen LogP contribution >= 0.6 is 0 Å². The first kappa shape index (κ1) is 17.9. The average Bonchev–Trinajstić information content (AvgIpc) is 3.01. The van der Waals surface area contributed by atoms with E-state index in [1.165, 1.54) is 17.2 Å². The van der Waals surface area contributed by atoms with Crippen molar-refractivity contribution in [1.29, 1.82) is 0 Å². The van der Waals surface area contributed by atoms with E-state index in [0.29, 0.717) is 11.3 Å². The number of aryl methyl sites for hydroxylation is 2. The van der Waals surface area contributed by atoms with Gasteiger partial charge in [0.2, 0.25) is 0 Å². The van der Waals surface area contributed by atoms with Crippen molar-refractivity contribution in [2.45, 2.75) is 38.4 Å². The Hall–Kier alpha value is -3.14. The Balaban J connectivity index is 1.59. The molecule has 1 N–H and O–H groups in total. The minimum atomic E-state index is -0.396. The standard InChI is InChI=1S/C25H23FN2O/c1-16-13-14-22(21(26)15-16)27-24-19-10-4-5-11-20(19)25(29)28(24)23-12-6-8-17-7-2-3-9-18(17)23/h2-5,7,9-11,13-15,23-24,27H,6,8,12H2,1H3/t23-,24-/m0/s1. The van der Waals surface area contributed by atoms with E-state index >= 15 is 0 Å². The molecule has 1 aliphatic heterocycles. The molecule has 3 nitrogen and oxygen atoms in total. The summed E-state index contributed by atoms with van der Waals surface area (Å²) in [6, 6.07) is 21.2. The second-order valence-corrected chi connectivity index (χ2v) is 7.94. The fourth-order valence-electron chi connectivity index (χ4n) is 4.71. The van der Waals surface area contributed by atoms with E-state index in [-0.39, 0.29) is 17.8 Å². The lowest BCUT2D eigenvalue weighted by molar-refractivity contribution is 0.0627. The Bertz CT molecular complexity index is 1090. The molecular weight excluding hydrogens is 363 g/mol. The predicted octanol–water partition coefficient (Wildman–Crippen LogP) is 5.78. The molecule has 2 aliphatic rings. The lowest BCUT2D eigenvalue weighted by Crippen LogP contribution is -2.37. The van der Waals surface area contributed by atoms with Gasteiger partial charge in [-0.1, -0.05) is 48.5 Å². The quantitative estimate of drug-likeness (QED) is 0.619. The summed E-state index contributed by atoms with van der Waals surface area (Å²) in [6.45, 7) is 1.87. The molecule has 3 aromatic rings. The van der Waals surface area contributed by atoms with E-state index in [2.05, 4.69) is 23.5 Å². The van der Waals surface area contributed by atoms with Gasteiger partial charge in [0, 0.05) is 11.1 Å². The molecular formula is C25H23FN2O. The number of rotatable bonds is 3. The topological polar surface area (TPSA) is 32.3 Å². The van der Waals surface area contributed by atoms with E-state index in [1.54, 1.807) is 6.07 Å². The number of carbonyl (C=O) groups is 1. The molecule has 1 amide bonds. The van der Waals surface area contributed by atoms with Crippen LogP contribution in [0.25, 0.3) is 0 Å². The number of fused-ring (bicyclic) bond motifs is 2. The highest BCUT2D eigenvalue weighted by molar-refractivity contribution is 5.99. The summed E-state index contributed by atoms with van der Waals surface area (Å²) in [5.74, 6) is -0.293. The van der Waals surface area contributed by atoms with Gasteiger partial charge in [-0.05, 0) is 61.1 Å². The number of hydrogen-bond acceptors (Lipinski definition) is 2. The van der Waals surface area contributed by atoms with Crippen LogP contribution in [0.15, 0.2) is 66.7 Å². The Morgan fingerprint density at radius 3 is 2.59 bits per heavy atom. The van der Waals surface area contributed by atoms with Gasteiger partial charge < -0.3 is 10.2 Å². The number of halogens is 1. The van der Waals surface area contributed by atoms with E-state index in [9.17, 15) is 9.18 Å². The number of amides is 1. The van der Waals surface area contributed by atoms with Crippen molar-refractivity contribution in [2.24, 2.45) is 0 Å². The summed E-state index contributed by atoms with van der Waals surface area (Å²) >= 11 is 0. The summed E-state index contributed by atoms with van der Waals surface area (Å²) in [5.41, 5.74) is 5.39. The molecule has 4 heteroatoms. The van der Waals surface area contributed by atoms with Crippen molar-refractivity contribution in [1.82, 2.24) is 4.90 Å². The number of anilines is 1. The fraction of sp³-hybridized carbons (Fsp3) is 0.240. The zero-order valence-corrected chi connectivity index (χ0v) is 16.4. The van der Waals surface area contributed by atoms with E-state index in [1.807, 2.05) is 48.2 Å². The molecule has 0 fully saturated rings. The Morgan fingerprint density at radius 1 is 1.00 bits per heavy atom. The number of nitrogens with zero attached hydrogens (tertiary/aromatic N) is 1. The van der Waals surface area contributed by atoms with Crippen molar-refractivity contribution in [3.8, 4) is 0 Å². The van der Waals surface area contributed by atoms with Gasteiger partial charge in [-0.15, -0.1) is 0 Å². The third kappa shape index (κ3) is 3.00. The predicted molar refractivity (Wildman–Crippen MR) is 112 cm³/mol. The minimum Gasteiger partial charge on any atom is -0.359 e. The third-order valence-electron chi connectivity index (χ3n) is 6.09. The van der Waals surface area contributed by atoms with Crippen LogP contribution in [-0.2, 0) is 6.42 Å². The first-order chi connectivity index (χ1) is 14.1. The maximum Gasteiger partial charge on any atom is 0.256 e. The zero-order chi connectivity index (χ0) is 20.0. The second kappa shape index (κ2) is 7.03. The van der Waals surface area contributed by atoms with Crippen LogP contribution in [0.5, 0.6) is 0 Å². The maximum absolute atomic E-state index is 14.6. The highest BCUT2D eigenvalue weighted by Gasteiger charge is 2.42. The van der Waals surface area contributed by atoms with Crippen LogP contribution in [-0.4, -0.2) is 10.8 Å². The van der Waals surface area contributed by atoms with Crippen molar-refractivity contribution in [2.75, 3.05) is 5.32 Å². The van der Waals surface area contributed by atoms with Crippen LogP contribution in [0.1, 0.15) is 57.7 Å². The molecule has 0 spiro atoms. The molecule has 0 unspecified atom stereocenters. The van der Waals surface area contributed by atoms with E-state index in [4.69, 9.17) is 0 Å². The minimum absolute atomic E-state index is 0.00678. The lowest BCUT2D eigenvalue weighted by Gasteiger charge is -2.38. The van der Waals surface area contributed by atoms with Crippen molar-refractivity contribution in [3.05, 3.63) is 100 Å². The fourth-order valence-corrected chi connectivity index (χ4v) is 4.71. The largest absolute Gasteiger partial charge is 0.359 e. The first-order valence-electron chi connectivity index (χ1n) is 10.2. The molecule has 0 radical (unpaired) electrons. The summed E-state index contributed by atoms with van der Waals surface area (Å²) in [6.07, 6.45) is 2.58. The van der Waals surface area contributed by atoms with Crippen LogP contribution in [0.2, 0.25) is 0 Å². The monoisotopic (exact) mass is 386 g/mol. The maximum atomic E-state index is 14.6. The summed E-state index contributed by atoms with van der Waals surface area (Å²) in [5, 5.41) is 3.33. The van der Waals surface area contributed by atoms with Crippen LogP contribution in [0.3, 0.4) is 0 Å². The molecule has 1 aliphatic carbocycles. The Labute approximate surface area is 170 Å². The van der Waals surface area contributed by atoms with Gasteiger partial charge in [0.05, 0.1) is 11.7 Å². The van der Waals surface area contributed by atoms with Crippen LogP contribution in [0.4, 0.5) is 10.1 Å². The molecule has 1 heterocycles. The van der Waals surface area contributed by atoms with Gasteiger partial charge in [0.25, 0.3) is 5.91 Å². The van der Waals surface area contributed by atoms with Gasteiger partial charge >= 0.3 is 0 Å². The number of benzene rings is 3. The number of nitrogens with one attached hydrogen (secondary N) is 1. The van der Waals surface area contributed by atoms with Crippen LogP contribution < -0.4 is 5.32 Å². The first-order valence-corrected chi connectivity index (χ1v) is 10.2. The molecule has 2 atom stereocenters. The molecule has 29 heavy (non-hydrogen) atoms. The Kier molecular flexibility index (Phi) is 4.35. The smallest absolute Gasteiger partial charge is 0.256 e. The van der Waals surface area contributed by atoms with Gasteiger partial charge in [0.15, 0.2) is 0 Å². The van der Waals surface area contributed by atoms with Gasteiger partial charge in [-0.2, -0.15) is 0 Å². The van der Waals surface area contributed by atoms with Crippen molar-refractivity contribution in [3.63, 3.8) is 0 Å². The second-order valence-electron chi connectivity index (χ2n) is 7.94.